The number of aliphatic hydroxyl groups is 2. The molecule has 4 nitrogen and oxygen atoms in total. The van der Waals surface area contributed by atoms with E-state index in [0.29, 0.717) is 19.4 Å². The monoisotopic (exact) mass is 341 g/mol. The number of methoxy groups -OCH3 is 1. The van der Waals surface area contributed by atoms with Gasteiger partial charge < -0.3 is 19.8 Å². The van der Waals surface area contributed by atoms with Gasteiger partial charge >= 0.3 is 0 Å². The molecule has 134 valence electrons. The summed E-state index contributed by atoms with van der Waals surface area (Å²) in [5.74, 6) is 0.754. The second-order valence-corrected chi connectivity index (χ2v) is 6.99. The van der Waals surface area contributed by atoms with Gasteiger partial charge in [-0.15, -0.1) is 0 Å². The molecule has 0 aliphatic carbocycles. The van der Waals surface area contributed by atoms with Crippen molar-refractivity contribution in [2.24, 2.45) is 0 Å². The Bertz CT molecular complexity index is 708. The quantitative estimate of drug-likeness (QED) is 0.878. The van der Waals surface area contributed by atoms with E-state index in [9.17, 15) is 10.2 Å². The maximum absolute atomic E-state index is 11.0. The molecular weight excluding hydrogens is 314 g/mol. The van der Waals surface area contributed by atoms with E-state index in [1.54, 1.807) is 7.11 Å². The van der Waals surface area contributed by atoms with Crippen LogP contribution in [0.2, 0.25) is 0 Å². The zero-order chi connectivity index (χ0) is 17.9. The van der Waals surface area contributed by atoms with Crippen molar-refractivity contribution in [3.63, 3.8) is 0 Å². The molecule has 1 fully saturated rings. The molecule has 0 amide bonds. The van der Waals surface area contributed by atoms with Crippen molar-refractivity contribution in [3.8, 4) is 5.75 Å². The second kappa shape index (κ2) is 7.56. The van der Waals surface area contributed by atoms with Gasteiger partial charge in [0.25, 0.3) is 0 Å². The van der Waals surface area contributed by atoms with Crippen LogP contribution in [-0.2, 0) is 5.60 Å². The van der Waals surface area contributed by atoms with Crippen molar-refractivity contribution in [2.75, 3.05) is 26.7 Å². The van der Waals surface area contributed by atoms with Gasteiger partial charge in [-0.2, -0.15) is 0 Å². The van der Waals surface area contributed by atoms with Crippen LogP contribution in [0.1, 0.15) is 35.6 Å². The molecule has 2 aromatic rings. The molecule has 1 aliphatic rings. The van der Waals surface area contributed by atoms with Crippen molar-refractivity contribution in [1.82, 2.24) is 4.90 Å². The average molecular weight is 341 g/mol. The fraction of sp³-hybridized carbons (Fsp3) is 0.429. The van der Waals surface area contributed by atoms with E-state index in [2.05, 4.69) is 11.0 Å². The summed E-state index contributed by atoms with van der Waals surface area (Å²) in [4.78, 5) is 2.22. The minimum atomic E-state index is -0.760. The predicted octanol–water partition coefficient (Wildman–Crippen LogP) is 3.02. The zero-order valence-electron chi connectivity index (χ0n) is 15.0. The first-order valence-corrected chi connectivity index (χ1v) is 8.84. The number of hydrogen-bond acceptors (Lipinski definition) is 4. The predicted molar refractivity (Wildman–Crippen MR) is 98.7 cm³/mol. The second-order valence-electron chi connectivity index (χ2n) is 6.99. The summed E-state index contributed by atoms with van der Waals surface area (Å²) in [5, 5.41) is 21.5. The van der Waals surface area contributed by atoms with Crippen LogP contribution in [-0.4, -0.2) is 41.9 Å². The van der Waals surface area contributed by atoms with Gasteiger partial charge in [0.05, 0.1) is 18.8 Å². The molecule has 2 aromatic carbocycles. The lowest BCUT2D eigenvalue weighted by Crippen LogP contribution is -2.44. The standard InChI is InChI=1S/C21H27NO3/c1-16-5-3-7-18(13-16)21(24)9-11-22(12-10-21)15-20(23)17-6-4-8-19(14-17)25-2/h3-8,13-14,20,23-24H,9-12,15H2,1-2H3/t20-/m0/s1. The number of aryl methyl sites for hydroxylation is 1. The Morgan fingerprint density at radius 2 is 1.84 bits per heavy atom. The maximum atomic E-state index is 11.0. The Labute approximate surface area is 149 Å². The van der Waals surface area contributed by atoms with Crippen LogP contribution in [0.4, 0.5) is 0 Å². The number of rotatable bonds is 5. The molecule has 1 aliphatic heterocycles. The van der Waals surface area contributed by atoms with E-state index in [-0.39, 0.29) is 0 Å². The van der Waals surface area contributed by atoms with Gasteiger partial charge in [0.15, 0.2) is 0 Å². The smallest absolute Gasteiger partial charge is 0.119 e. The van der Waals surface area contributed by atoms with E-state index >= 15 is 0 Å². The lowest BCUT2D eigenvalue weighted by Gasteiger charge is -2.39. The molecule has 4 heteroatoms. The highest BCUT2D eigenvalue weighted by Crippen LogP contribution is 2.33. The minimum Gasteiger partial charge on any atom is -0.497 e. The fourth-order valence-electron chi connectivity index (χ4n) is 3.53. The Kier molecular flexibility index (Phi) is 5.42. The molecule has 0 saturated carbocycles. The van der Waals surface area contributed by atoms with Crippen LogP contribution in [0.3, 0.4) is 0 Å². The van der Waals surface area contributed by atoms with E-state index < -0.39 is 11.7 Å². The molecule has 0 aromatic heterocycles. The van der Waals surface area contributed by atoms with Gasteiger partial charge in [-0.05, 0) is 43.0 Å². The fourth-order valence-corrected chi connectivity index (χ4v) is 3.53. The number of nitrogens with zero attached hydrogens (tertiary/aromatic N) is 1. The first-order valence-electron chi connectivity index (χ1n) is 8.84. The van der Waals surface area contributed by atoms with Gasteiger partial charge in [-0.1, -0.05) is 42.0 Å². The number of piperidine rings is 1. The lowest BCUT2D eigenvalue weighted by atomic mass is 9.84. The van der Waals surface area contributed by atoms with Crippen molar-refractivity contribution in [3.05, 3.63) is 65.2 Å². The number of ether oxygens (including phenoxy) is 1. The van der Waals surface area contributed by atoms with Gasteiger partial charge in [-0.25, -0.2) is 0 Å². The molecule has 1 atom stereocenters. The topological polar surface area (TPSA) is 52.9 Å². The SMILES string of the molecule is COc1cccc([C@@H](O)CN2CCC(O)(c3cccc(C)c3)CC2)c1. The molecule has 0 bridgehead atoms. The first kappa shape index (κ1) is 17.9. The molecule has 2 N–H and O–H groups in total. The highest BCUT2D eigenvalue weighted by Gasteiger charge is 2.34. The summed E-state index contributed by atoms with van der Waals surface area (Å²) in [6.45, 7) is 4.15. The molecule has 1 saturated heterocycles. The van der Waals surface area contributed by atoms with Gasteiger partial charge in [0.2, 0.25) is 0 Å². The molecule has 0 radical (unpaired) electrons. The summed E-state index contributed by atoms with van der Waals surface area (Å²) >= 11 is 0. The van der Waals surface area contributed by atoms with Crippen LogP contribution < -0.4 is 4.74 Å². The number of benzene rings is 2. The molecule has 3 rings (SSSR count). The van der Waals surface area contributed by atoms with E-state index in [1.165, 1.54) is 5.56 Å². The Balaban J connectivity index is 1.60. The lowest BCUT2D eigenvalue weighted by molar-refractivity contribution is -0.0345. The Hall–Kier alpha value is -1.88. The maximum Gasteiger partial charge on any atom is 0.119 e. The third-order valence-corrected chi connectivity index (χ3v) is 5.15. The van der Waals surface area contributed by atoms with E-state index in [0.717, 1.165) is 30.0 Å². The number of aliphatic hydroxyl groups excluding tert-OH is 1. The van der Waals surface area contributed by atoms with Crippen LogP contribution in [0, 0.1) is 6.92 Å². The molecule has 25 heavy (non-hydrogen) atoms. The summed E-state index contributed by atoms with van der Waals surface area (Å²) in [5.41, 5.74) is 2.27. The molecule has 0 unspecified atom stereocenters. The van der Waals surface area contributed by atoms with Gasteiger partial charge in [0, 0.05) is 19.6 Å². The average Bonchev–Trinajstić information content (AvgIpc) is 2.64. The Morgan fingerprint density at radius 1 is 1.12 bits per heavy atom. The third-order valence-electron chi connectivity index (χ3n) is 5.15. The highest BCUT2D eigenvalue weighted by molar-refractivity contribution is 5.30. The summed E-state index contributed by atoms with van der Waals surface area (Å²) in [6, 6.07) is 15.7. The van der Waals surface area contributed by atoms with Crippen molar-refractivity contribution >= 4 is 0 Å². The summed E-state index contributed by atoms with van der Waals surface area (Å²) < 4.78 is 5.22. The van der Waals surface area contributed by atoms with Crippen LogP contribution in [0.25, 0.3) is 0 Å². The van der Waals surface area contributed by atoms with E-state index in [1.807, 2.05) is 49.4 Å². The molecule has 0 spiro atoms. The van der Waals surface area contributed by atoms with Crippen LogP contribution in [0.5, 0.6) is 5.75 Å². The van der Waals surface area contributed by atoms with Crippen LogP contribution >= 0.6 is 0 Å². The van der Waals surface area contributed by atoms with Gasteiger partial charge in [-0.3, -0.25) is 0 Å². The summed E-state index contributed by atoms with van der Waals surface area (Å²) in [7, 11) is 1.63. The largest absolute Gasteiger partial charge is 0.497 e. The molecule has 1 heterocycles. The zero-order valence-corrected chi connectivity index (χ0v) is 15.0. The third kappa shape index (κ3) is 4.21. The van der Waals surface area contributed by atoms with Crippen molar-refractivity contribution < 1.29 is 14.9 Å². The first-order chi connectivity index (χ1) is 12.0. The number of likely N-dealkylation sites (tertiary alicyclic amines) is 1. The number of hydrogen-bond donors (Lipinski definition) is 2. The van der Waals surface area contributed by atoms with Crippen molar-refractivity contribution in [1.29, 1.82) is 0 Å². The van der Waals surface area contributed by atoms with Gasteiger partial charge in [0.1, 0.15) is 5.75 Å². The summed E-state index contributed by atoms with van der Waals surface area (Å²) in [6.07, 6.45) is 0.808. The van der Waals surface area contributed by atoms with Crippen molar-refractivity contribution in [2.45, 2.75) is 31.5 Å². The minimum absolute atomic E-state index is 0.555. The highest BCUT2D eigenvalue weighted by atomic mass is 16.5. The molecular formula is C21H27NO3. The number of β-amino-alcohol motifs (C(OH)–C–C–N with tert-alkyl or cyclic N) is 1. The van der Waals surface area contributed by atoms with Crippen LogP contribution in [0.15, 0.2) is 48.5 Å². The van der Waals surface area contributed by atoms with E-state index in [4.69, 9.17) is 4.74 Å². The Morgan fingerprint density at radius 3 is 2.52 bits per heavy atom. The normalized spacial score (nSPS) is 18.7.